The number of ether oxygens (including phenoxy) is 1. The maximum Gasteiger partial charge on any atom is 1.00 e. The molecule has 0 radical (unpaired) electrons. The van der Waals surface area contributed by atoms with Gasteiger partial charge in [-0.2, -0.15) is 0 Å². The number of carbonyl (C=O) groups is 2. The number of methoxy groups -OCH3 is 1. The second-order valence-electron chi connectivity index (χ2n) is 6.87. The smallest absolute Gasteiger partial charge is 0.540 e. The Labute approximate surface area is 182 Å². The zero-order valence-corrected chi connectivity index (χ0v) is 18.1. The van der Waals surface area contributed by atoms with E-state index in [1.54, 1.807) is 7.11 Å². The first-order chi connectivity index (χ1) is 12.1. The Hall–Kier alpha value is -1.34. The number of amides is 1. The molecule has 1 saturated carbocycles. The van der Waals surface area contributed by atoms with Gasteiger partial charge in [0.2, 0.25) is 0 Å². The first kappa shape index (κ1) is 23.7. The molecule has 1 aromatic carbocycles. The summed E-state index contributed by atoms with van der Waals surface area (Å²) in [5.74, 6) is -1.31. The maximum absolute atomic E-state index is 11.5. The molecule has 6 nitrogen and oxygen atoms in total. The summed E-state index contributed by atoms with van der Waals surface area (Å²) in [5, 5.41) is 10.7. The molecule has 1 amide bonds. The van der Waals surface area contributed by atoms with E-state index in [2.05, 4.69) is 18.2 Å². The first-order valence-corrected chi connectivity index (χ1v) is 8.96. The van der Waals surface area contributed by atoms with Crippen molar-refractivity contribution in [1.82, 2.24) is 4.90 Å². The molecule has 2 fully saturated rings. The van der Waals surface area contributed by atoms with Gasteiger partial charge in [0, 0.05) is 18.7 Å². The SMILES string of the molecule is COc1ccc(C2CCN(C(=O)C(=O)[O-])CC2)cc1C=C1CCCC1.O.[Na+]. The van der Waals surface area contributed by atoms with Crippen LogP contribution in [0.1, 0.15) is 55.6 Å². The largest absolute Gasteiger partial charge is 1.00 e. The number of benzene rings is 1. The van der Waals surface area contributed by atoms with Gasteiger partial charge in [-0.1, -0.05) is 17.7 Å². The van der Waals surface area contributed by atoms with Gasteiger partial charge < -0.3 is 25.0 Å². The Morgan fingerprint density at radius 3 is 2.37 bits per heavy atom. The van der Waals surface area contributed by atoms with E-state index < -0.39 is 11.9 Å². The van der Waals surface area contributed by atoms with Gasteiger partial charge in [0.1, 0.15) is 11.7 Å². The number of rotatable bonds is 3. The van der Waals surface area contributed by atoms with Crippen LogP contribution in [0.15, 0.2) is 23.8 Å². The topological polar surface area (TPSA) is 101 Å². The van der Waals surface area contributed by atoms with Gasteiger partial charge in [-0.3, -0.25) is 4.79 Å². The van der Waals surface area contributed by atoms with Crippen LogP contribution in [0.2, 0.25) is 0 Å². The Kier molecular flexibility index (Phi) is 9.53. The van der Waals surface area contributed by atoms with Crippen molar-refractivity contribution >= 4 is 18.0 Å². The van der Waals surface area contributed by atoms with Crippen molar-refractivity contribution < 1.29 is 54.5 Å². The van der Waals surface area contributed by atoms with Crippen LogP contribution in [0.5, 0.6) is 5.75 Å². The monoisotopic (exact) mass is 383 g/mol. The summed E-state index contributed by atoms with van der Waals surface area (Å²) in [6.07, 6.45) is 8.64. The van der Waals surface area contributed by atoms with Crippen molar-refractivity contribution in [2.24, 2.45) is 0 Å². The molecular weight excluding hydrogens is 357 g/mol. The number of carboxylic acids is 1. The predicted molar refractivity (Wildman–Crippen MR) is 96.6 cm³/mol. The molecule has 0 spiro atoms. The summed E-state index contributed by atoms with van der Waals surface area (Å²) < 4.78 is 5.50. The molecule has 1 heterocycles. The number of hydrogen-bond acceptors (Lipinski definition) is 4. The van der Waals surface area contributed by atoms with Crippen LogP contribution in [0.4, 0.5) is 0 Å². The van der Waals surface area contributed by atoms with Gasteiger partial charge >= 0.3 is 29.6 Å². The number of nitrogens with zero attached hydrogens (tertiary/aromatic N) is 1. The molecule has 0 bridgehead atoms. The van der Waals surface area contributed by atoms with E-state index in [4.69, 9.17) is 4.74 Å². The number of aliphatic carboxylic acids is 1. The van der Waals surface area contributed by atoms with E-state index in [1.807, 2.05) is 6.07 Å². The number of piperidine rings is 1. The Morgan fingerprint density at radius 1 is 1.19 bits per heavy atom. The Balaban J connectivity index is 0.00000182. The van der Waals surface area contributed by atoms with Crippen LogP contribution in [0.3, 0.4) is 0 Å². The molecule has 3 rings (SSSR count). The molecule has 1 aromatic rings. The average Bonchev–Trinajstić information content (AvgIpc) is 3.14. The number of allylic oxidation sites excluding steroid dienone is 1. The van der Waals surface area contributed by atoms with E-state index >= 15 is 0 Å². The molecule has 0 aromatic heterocycles. The second kappa shape index (κ2) is 10.9. The van der Waals surface area contributed by atoms with Crippen molar-refractivity contribution in [3.63, 3.8) is 0 Å². The molecule has 2 N–H and O–H groups in total. The van der Waals surface area contributed by atoms with Crippen molar-refractivity contribution in [2.75, 3.05) is 20.2 Å². The first-order valence-electron chi connectivity index (χ1n) is 8.96. The summed E-state index contributed by atoms with van der Waals surface area (Å²) in [5.41, 5.74) is 3.82. The zero-order valence-electron chi connectivity index (χ0n) is 16.1. The molecule has 1 saturated heterocycles. The van der Waals surface area contributed by atoms with Gasteiger partial charge in [0.05, 0.1) is 7.11 Å². The molecule has 1 aliphatic heterocycles. The minimum Gasteiger partial charge on any atom is -0.540 e. The van der Waals surface area contributed by atoms with Gasteiger partial charge in [-0.05, 0) is 62.1 Å². The van der Waals surface area contributed by atoms with E-state index in [0.717, 1.165) is 37.0 Å². The van der Waals surface area contributed by atoms with Crippen LogP contribution in [0.25, 0.3) is 6.08 Å². The number of carboxylic acid groups (broad SMARTS) is 1. The standard InChI is InChI=1S/C20H25NO4.Na.H2O/c1-25-18-7-6-16(13-17(18)12-14-4-2-3-5-14)15-8-10-21(11-9-15)19(22)20(23)24;;/h6-7,12-13,15H,2-5,8-11H2,1H3,(H,23,24);;1H2/q;+1;/p-1. The number of carbonyl (C=O) groups excluding carboxylic acids is 2. The number of likely N-dealkylation sites (tertiary alicyclic amines) is 1. The second-order valence-corrected chi connectivity index (χ2v) is 6.87. The maximum atomic E-state index is 11.5. The Morgan fingerprint density at radius 2 is 1.81 bits per heavy atom. The van der Waals surface area contributed by atoms with Crippen LogP contribution >= 0.6 is 0 Å². The van der Waals surface area contributed by atoms with Crippen LogP contribution in [-0.2, 0) is 9.59 Å². The van der Waals surface area contributed by atoms with Gasteiger partial charge in [0.25, 0.3) is 5.91 Å². The van der Waals surface area contributed by atoms with Gasteiger partial charge in [-0.25, -0.2) is 0 Å². The normalized spacial score (nSPS) is 16.9. The van der Waals surface area contributed by atoms with E-state index in [9.17, 15) is 14.7 Å². The molecule has 142 valence electrons. The molecule has 0 atom stereocenters. The summed E-state index contributed by atoms with van der Waals surface area (Å²) in [4.78, 5) is 23.6. The summed E-state index contributed by atoms with van der Waals surface area (Å²) in [7, 11) is 1.69. The fraction of sp³-hybridized carbons (Fsp3) is 0.500. The average molecular weight is 383 g/mol. The van der Waals surface area contributed by atoms with E-state index in [0.29, 0.717) is 19.0 Å². The quantitative estimate of drug-likeness (QED) is 0.458. The summed E-state index contributed by atoms with van der Waals surface area (Å²) in [6.45, 7) is 0.917. The third-order valence-corrected chi connectivity index (χ3v) is 5.29. The molecule has 0 unspecified atom stereocenters. The van der Waals surface area contributed by atoms with Crippen LogP contribution in [0, 0.1) is 0 Å². The van der Waals surface area contributed by atoms with Gasteiger partial charge in [0.15, 0.2) is 0 Å². The van der Waals surface area contributed by atoms with Crippen molar-refractivity contribution in [3.05, 3.63) is 34.9 Å². The van der Waals surface area contributed by atoms with Crippen LogP contribution < -0.4 is 39.4 Å². The summed E-state index contributed by atoms with van der Waals surface area (Å²) >= 11 is 0. The van der Waals surface area contributed by atoms with Crippen molar-refractivity contribution in [1.29, 1.82) is 0 Å². The molecule has 7 heteroatoms. The number of hydrogen-bond donors (Lipinski definition) is 0. The van der Waals surface area contributed by atoms with Crippen molar-refractivity contribution in [2.45, 2.75) is 44.4 Å². The zero-order chi connectivity index (χ0) is 17.8. The Bertz CT molecular complexity index is 688. The summed E-state index contributed by atoms with van der Waals surface area (Å²) in [6, 6.07) is 6.27. The minimum absolute atomic E-state index is 0. The molecule has 27 heavy (non-hydrogen) atoms. The molecule has 2 aliphatic rings. The fourth-order valence-electron chi connectivity index (χ4n) is 3.86. The minimum atomic E-state index is -1.62. The third-order valence-electron chi connectivity index (χ3n) is 5.29. The van der Waals surface area contributed by atoms with E-state index in [-0.39, 0.29) is 35.0 Å². The van der Waals surface area contributed by atoms with E-state index in [1.165, 1.54) is 28.9 Å². The van der Waals surface area contributed by atoms with Crippen LogP contribution in [-0.4, -0.2) is 42.5 Å². The fourth-order valence-corrected chi connectivity index (χ4v) is 3.86. The predicted octanol–water partition coefficient (Wildman–Crippen LogP) is -1.71. The third kappa shape index (κ3) is 5.82. The molecular formula is C20H26NNaO5. The molecule has 1 aliphatic carbocycles. The van der Waals surface area contributed by atoms with Gasteiger partial charge in [-0.15, -0.1) is 0 Å². The van der Waals surface area contributed by atoms with Crippen molar-refractivity contribution in [3.8, 4) is 5.75 Å².